The van der Waals surface area contributed by atoms with E-state index in [2.05, 4.69) is 17.2 Å². The van der Waals surface area contributed by atoms with E-state index in [1.165, 1.54) is 28.7 Å². The van der Waals surface area contributed by atoms with Crippen molar-refractivity contribution in [3.8, 4) is 0 Å². The molecule has 0 spiro atoms. The van der Waals surface area contributed by atoms with Crippen molar-refractivity contribution in [1.29, 1.82) is 0 Å². The number of nitrogens with one attached hydrogen (secondary N) is 1. The predicted molar refractivity (Wildman–Crippen MR) is 132 cm³/mol. The maximum Gasteiger partial charge on any atom is 0.306 e. The summed E-state index contributed by atoms with van der Waals surface area (Å²) >= 11 is 2.63. The Balaban J connectivity index is 1.47. The summed E-state index contributed by atoms with van der Waals surface area (Å²) in [6, 6.07) is 9.58. The number of thiophene rings is 1. The molecular formula is C24H27N3O4S2. The summed E-state index contributed by atoms with van der Waals surface area (Å²) in [4.78, 5) is 41.6. The zero-order valence-electron chi connectivity index (χ0n) is 18.5. The Morgan fingerprint density at radius 1 is 1.18 bits per heavy atom. The fourth-order valence-electron chi connectivity index (χ4n) is 4.20. The number of nitrogens with zero attached hydrogens (tertiary/aromatic N) is 2. The van der Waals surface area contributed by atoms with Crippen molar-refractivity contribution >= 4 is 50.9 Å². The fraction of sp³-hybridized carbons (Fsp3) is 0.417. The molecule has 7 nitrogen and oxygen atoms in total. The first-order valence-corrected chi connectivity index (χ1v) is 13.0. The molecule has 4 rings (SSSR count). The van der Waals surface area contributed by atoms with Crippen molar-refractivity contribution in [1.82, 2.24) is 9.55 Å². The van der Waals surface area contributed by atoms with E-state index >= 15 is 0 Å². The van der Waals surface area contributed by atoms with Crippen LogP contribution in [0.25, 0.3) is 10.2 Å². The second kappa shape index (κ2) is 10.5. The molecule has 1 fully saturated rings. The summed E-state index contributed by atoms with van der Waals surface area (Å²) < 4.78 is 2.29. The number of fused-ring (bicyclic) bond motifs is 1. The summed E-state index contributed by atoms with van der Waals surface area (Å²) in [6.07, 6.45) is 3.74. The van der Waals surface area contributed by atoms with E-state index in [0.29, 0.717) is 34.8 Å². The fourth-order valence-corrected chi connectivity index (χ4v) is 5.78. The van der Waals surface area contributed by atoms with Crippen LogP contribution in [0.3, 0.4) is 0 Å². The largest absolute Gasteiger partial charge is 0.481 e. The number of aromatic nitrogens is 2. The van der Waals surface area contributed by atoms with Gasteiger partial charge < -0.3 is 10.4 Å². The lowest BCUT2D eigenvalue weighted by Crippen LogP contribution is -2.30. The molecule has 1 amide bonds. The SMILES string of the molecule is CCc1ccc(NC(=O)CSc2nc3ccsc3c(=O)n2CC2CCC(C(=O)O)CC2)cc1. The lowest BCUT2D eigenvalue weighted by atomic mass is 9.82. The molecule has 1 aliphatic carbocycles. The molecule has 1 saturated carbocycles. The number of hydrogen-bond donors (Lipinski definition) is 2. The highest BCUT2D eigenvalue weighted by Gasteiger charge is 2.27. The first-order chi connectivity index (χ1) is 15.9. The Morgan fingerprint density at radius 3 is 2.58 bits per heavy atom. The molecule has 1 aliphatic rings. The number of aliphatic carboxylic acids is 1. The molecule has 0 saturated heterocycles. The van der Waals surface area contributed by atoms with Crippen molar-refractivity contribution in [3.63, 3.8) is 0 Å². The number of hydrogen-bond acceptors (Lipinski definition) is 6. The molecule has 9 heteroatoms. The Bertz CT molecular complexity index is 1190. The second-order valence-electron chi connectivity index (χ2n) is 8.39. The Kier molecular flexibility index (Phi) is 7.49. The van der Waals surface area contributed by atoms with Gasteiger partial charge in [-0.3, -0.25) is 19.0 Å². The summed E-state index contributed by atoms with van der Waals surface area (Å²) in [7, 11) is 0. The van der Waals surface area contributed by atoms with Gasteiger partial charge in [0.25, 0.3) is 5.56 Å². The second-order valence-corrected chi connectivity index (χ2v) is 10.2. The molecule has 0 unspecified atom stereocenters. The normalized spacial score (nSPS) is 18.3. The quantitative estimate of drug-likeness (QED) is 0.356. The van der Waals surface area contributed by atoms with E-state index in [0.717, 1.165) is 24.9 Å². The van der Waals surface area contributed by atoms with E-state index in [-0.39, 0.29) is 29.1 Å². The molecule has 3 aromatic rings. The third kappa shape index (κ3) is 5.65. The number of carboxylic acids is 1. The first-order valence-electron chi connectivity index (χ1n) is 11.2. The molecule has 2 N–H and O–H groups in total. The number of benzene rings is 1. The lowest BCUT2D eigenvalue weighted by molar-refractivity contribution is -0.143. The summed E-state index contributed by atoms with van der Waals surface area (Å²) in [5.74, 6) is -0.817. The summed E-state index contributed by atoms with van der Waals surface area (Å²) in [5.41, 5.74) is 2.51. The minimum Gasteiger partial charge on any atom is -0.481 e. The van der Waals surface area contributed by atoms with Gasteiger partial charge in [-0.1, -0.05) is 30.8 Å². The highest BCUT2D eigenvalue weighted by atomic mass is 32.2. The average molecular weight is 486 g/mol. The van der Waals surface area contributed by atoms with Crippen LogP contribution in [0.2, 0.25) is 0 Å². The van der Waals surface area contributed by atoms with E-state index in [1.54, 1.807) is 4.57 Å². The number of carbonyl (C=O) groups excluding carboxylic acids is 1. The zero-order valence-corrected chi connectivity index (χ0v) is 20.1. The van der Waals surface area contributed by atoms with Gasteiger partial charge in [-0.25, -0.2) is 4.98 Å². The topological polar surface area (TPSA) is 101 Å². The van der Waals surface area contributed by atoms with Gasteiger partial charge in [-0.05, 0) is 67.2 Å². The van der Waals surface area contributed by atoms with Gasteiger partial charge in [0, 0.05) is 12.2 Å². The van der Waals surface area contributed by atoms with Crippen molar-refractivity contribution in [2.75, 3.05) is 11.1 Å². The number of rotatable bonds is 8. The van der Waals surface area contributed by atoms with E-state index in [9.17, 15) is 19.5 Å². The van der Waals surface area contributed by atoms with Crippen LogP contribution >= 0.6 is 23.1 Å². The third-order valence-electron chi connectivity index (χ3n) is 6.15. The van der Waals surface area contributed by atoms with Crippen molar-refractivity contribution in [3.05, 3.63) is 51.6 Å². The zero-order chi connectivity index (χ0) is 23.4. The molecule has 174 valence electrons. The number of thioether (sulfide) groups is 1. The molecule has 0 atom stereocenters. The lowest BCUT2D eigenvalue weighted by Gasteiger charge is -2.27. The average Bonchev–Trinajstić information content (AvgIpc) is 3.29. The Hall–Kier alpha value is -2.65. The van der Waals surface area contributed by atoms with Crippen LogP contribution in [0.15, 0.2) is 45.7 Å². The highest BCUT2D eigenvalue weighted by Crippen LogP contribution is 2.31. The first kappa shape index (κ1) is 23.5. The maximum absolute atomic E-state index is 13.2. The minimum absolute atomic E-state index is 0.0894. The highest BCUT2D eigenvalue weighted by molar-refractivity contribution is 7.99. The number of amides is 1. The Morgan fingerprint density at radius 2 is 1.91 bits per heavy atom. The number of carbonyl (C=O) groups is 2. The van der Waals surface area contributed by atoms with Crippen molar-refractivity contribution in [2.45, 2.75) is 50.7 Å². The standard InChI is InChI=1S/C24H27N3O4S2/c1-2-15-5-9-18(10-6-15)25-20(28)14-33-24-26-19-11-12-32-21(19)22(29)27(24)13-16-3-7-17(8-4-16)23(30)31/h5-6,9-12,16-17H,2-4,7-8,13-14H2,1H3,(H,25,28)(H,30,31). The smallest absolute Gasteiger partial charge is 0.306 e. The monoisotopic (exact) mass is 485 g/mol. The van der Waals surface area contributed by atoms with Gasteiger partial charge in [0.15, 0.2) is 5.16 Å². The molecule has 0 radical (unpaired) electrons. The van der Waals surface area contributed by atoms with Crippen LogP contribution in [0, 0.1) is 11.8 Å². The molecule has 33 heavy (non-hydrogen) atoms. The van der Waals surface area contributed by atoms with Crippen LogP contribution in [0.4, 0.5) is 5.69 Å². The molecule has 2 heterocycles. The van der Waals surface area contributed by atoms with Crippen LogP contribution in [-0.2, 0) is 22.6 Å². The van der Waals surface area contributed by atoms with Gasteiger partial charge in [0.1, 0.15) is 4.70 Å². The van der Waals surface area contributed by atoms with Gasteiger partial charge in [-0.15, -0.1) is 11.3 Å². The van der Waals surface area contributed by atoms with Crippen LogP contribution in [0.1, 0.15) is 38.2 Å². The van der Waals surface area contributed by atoms with Gasteiger partial charge in [-0.2, -0.15) is 0 Å². The number of carboxylic acid groups (broad SMARTS) is 1. The molecular weight excluding hydrogens is 458 g/mol. The molecule has 0 bridgehead atoms. The summed E-state index contributed by atoms with van der Waals surface area (Å²) in [6.45, 7) is 2.58. The van der Waals surface area contributed by atoms with E-state index in [4.69, 9.17) is 0 Å². The van der Waals surface area contributed by atoms with Crippen LogP contribution < -0.4 is 10.9 Å². The Labute approximate surface area is 200 Å². The van der Waals surface area contributed by atoms with E-state index < -0.39 is 5.97 Å². The summed E-state index contributed by atoms with van der Waals surface area (Å²) in [5, 5.41) is 14.5. The van der Waals surface area contributed by atoms with E-state index in [1.807, 2.05) is 35.7 Å². The van der Waals surface area contributed by atoms with Gasteiger partial charge in [0.2, 0.25) is 5.91 Å². The molecule has 1 aromatic carbocycles. The molecule has 2 aromatic heterocycles. The van der Waals surface area contributed by atoms with Crippen LogP contribution in [0.5, 0.6) is 0 Å². The van der Waals surface area contributed by atoms with Gasteiger partial charge in [0.05, 0.1) is 17.2 Å². The van der Waals surface area contributed by atoms with Crippen LogP contribution in [-0.4, -0.2) is 32.3 Å². The van der Waals surface area contributed by atoms with Crippen molar-refractivity contribution < 1.29 is 14.7 Å². The maximum atomic E-state index is 13.2. The number of aryl methyl sites for hydroxylation is 1. The number of anilines is 1. The molecule has 0 aliphatic heterocycles. The predicted octanol–water partition coefficient (Wildman–Crippen LogP) is 4.64. The van der Waals surface area contributed by atoms with Crippen molar-refractivity contribution in [2.24, 2.45) is 11.8 Å². The minimum atomic E-state index is -0.737. The third-order valence-corrected chi connectivity index (χ3v) is 8.01. The van der Waals surface area contributed by atoms with Gasteiger partial charge >= 0.3 is 5.97 Å².